The van der Waals surface area contributed by atoms with E-state index < -0.39 is 0 Å². The number of nitrogens with one attached hydrogen (secondary N) is 2. The van der Waals surface area contributed by atoms with Crippen LogP contribution < -0.4 is 20.1 Å². The Hall–Kier alpha value is -1.95. The summed E-state index contributed by atoms with van der Waals surface area (Å²) in [5, 5.41) is 5.94. The molecule has 2 amide bonds. The van der Waals surface area contributed by atoms with E-state index in [1.807, 2.05) is 25.1 Å². The molecule has 1 heterocycles. The van der Waals surface area contributed by atoms with E-state index in [1.165, 1.54) is 19.5 Å². The molecule has 2 rings (SSSR count). The zero-order valence-corrected chi connectivity index (χ0v) is 18.1. The molecule has 1 saturated heterocycles. The number of amides is 2. The number of urea groups is 1. The number of rotatable bonds is 9. The molecule has 3 atom stereocenters. The lowest BCUT2D eigenvalue weighted by molar-refractivity contribution is 0.139. The van der Waals surface area contributed by atoms with Crippen LogP contribution in [0.5, 0.6) is 11.5 Å². The minimum absolute atomic E-state index is 0.148. The maximum atomic E-state index is 12.2. The van der Waals surface area contributed by atoms with Crippen molar-refractivity contribution in [2.75, 3.05) is 40.4 Å². The Morgan fingerprint density at radius 1 is 1.18 bits per heavy atom. The zero-order valence-electron chi connectivity index (χ0n) is 18.1. The quantitative estimate of drug-likeness (QED) is 0.628. The number of unbranched alkanes of at least 4 members (excludes halogenated alkanes) is 1. The van der Waals surface area contributed by atoms with E-state index in [4.69, 9.17) is 9.47 Å². The van der Waals surface area contributed by atoms with Gasteiger partial charge in [0.25, 0.3) is 0 Å². The predicted octanol–water partition coefficient (Wildman–Crippen LogP) is 3.82. The van der Waals surface area contributed by atoms with Crippen LogP contribution in [0.4, 0.5) is 4.79 Å². The third kappa shape index (κ3) is 6.89. The molecule has 6 heteroatoms. The number of hydrogen-bond donors (Lipinski definition) is 2. The Morgan fingerprint density at radius 2 is 1.89 bits per heavy atom. The van der Waals surface area contributed by atoms with E-state index >= 15 is 0 Å². The van der Waals surface area contributed by atoms with Gasteiger partial charge in [0.15, 0.2) is 0 Å². The van der Waals surface area contributed by atoms with Gasteiger partial charge in [-0.1, -0.05) is 13.8 Å². The van der Waals surface area contributed by atoms with Crippen LogP contribution in [0.25, 0.3) is 0 Å². The van der Waals surface area contributed by atoms with Crippen LogP contribution in [0, 0.1) is 11.8 Å². The van der Waals surface area contributed by atoms with Crippen LogP contribution >= 0.6 is 0 Å². The van der Waals surface area contributed by atoms with Gasteiger partial charge >= 0.3 is 6.03 Å². The molecule has 1 aromatic carbocycles. The number of nitrogens with zero attached hydrogens (tertiary/aromatic N) is 1. The van der Waals surface area contributed by atoms with Crippen molar-refractivity contribution in [2.24, 2.45) is 11.8 Å². The first-order valence-electron chi connectivity index (χ1n) is 10.4. The third-order valence-corrected chi connectivity index (χ3v) is 5.39. The average molecular weight is 392 g/mol. The van der Waals surface area contributed by atoms with Crippen molar-refractivity contribution in [2.45, 2.75) is 46.1 Å². The summed E-state index contributed by atoms with van der Waals surface area (Å²) in [7, 11) is 3.24. The van der Waals surface area contributed by atoms with E-state index in [1.54, 1.807) is 14.2 Å². The summed E-state index contributed by atoms with van der Waals surface area (Å²) in [6, 6.07) is 5.32. The van der Waals surface area contributed by atoms with Gasteiger partial charge in [0, 0.05) is 31.3 Å². The van der Waals surface area contributed by atoms with E-state index in [0.29, 0.717) is 12.3 Å². The fraction of sp³-hybridized carbons (Fsp3) is 0.682. The molecule has 0 saturated carbocycles. The van der Waals surface area contributed by atoms with Crippen LogP contribution in [0.1, 0.15) is 51.6 Å². The van der Waals surface area contributed by atoms with Gasteiger partial charge in [-0.25, -0.2) is 4.79 Å². The standard InChI is InChI=1S/C22H37N3O3/c1-16-12-17(2)15-25(14-16)11-7-6-10-23-22(26)24-18(3)20-9-8-19(27-4)13-21(20)28-5/h8-9,13,16-18H,6-7,10-12,14-15H2,1-5H3,(H2,23,24,26)/t16-,17+,18-/m1/s1. The molecule has 0 spiro atoms. The second kappa shape index (κ2) is 11.1. The predicted molar refractivity (Wildman–Crippen MR) is 113 cm³/mol. The van der Waals surface area contributed by atoms with Crippen LogP contribution in [-0.4, -0.2) is 51.3 Å². The molecular formula is C22H37N3O3. The molecule has 2 N–H and O–H groups in total. The minimum atomic E-state index is -0.155. The number of likely N-dealkylation sites (tertiary alicyclic amines) is 1. The highest BCUT2D eigenvalue weighted by atomic mass is 16.5. The van der Waals surface area contributed by atoms with E-state index in [-0.39, 0.29) is 12.1 Å². The minimum Gasteiger partial charge on any atom is -0.497 e. The van der Waals surface area contributed by atoms with Gasteiger partial charge in [-0.15, -0.1) is 0 Å². The summed E-state index contributed by atoms with van der Waals surface area (Å²) in [4.78, 5) is 14.8. The van der Waals surface area contributed by atoms with Gasteiger partial charge in [0.1, 0.15) is 11.5 Å². The lowest BCUT2D eigenvalue weighted by Gasteiger charge is -2.34. The first-order valence-corrected chi connectivity index (χ1v) is 10.4. The van der Waals surface area contributed by atoms with E-state index in [0.717, 1.165) is 42.5 Å². The molecule has 0 aliphatic carbocycles. The van der Waals surface area contributed by atoms with Gasteiger partial charge in [-0.2, -0.15) is 0 Å². The van der Waals surface area contributed by atoms with Crippen molar-refractivity contribution in [1.82, 2.24) is 15.5 Å². The lowest BCUT2D eigenvalue weighted by atomic mass is 9.92. The second-order valence-electron chi connectivity index (χ2n) is 8.14. The molecule has 6 nitrogen and oxygen atoms in total. The Morgan fingerprint density at radius 3 is 2.54 bits per heavy atom. The first-order chi connectivity index (χ1) is 13.4. The Kier molecular flexibility index (Phi) is 8.90. The van der Waals surface area contributed by atoms with Crippen molar-refractivity contribution >= 4 is 6.03 Å². The van der Waals surface area contributed by atoms with Crippen molar-refractivity contribution in [3.05, 3.63) is 23.8 Å². The molecule has 1 aliphatic heterocycles. The molecule has 28 heavy (non-hydrogen) atoms. The van der Waals surface area contributed by atoms with Crippen LogP contribution in [0.15, 0.2) is 18.2 Å². The Balaban J connectivity index is 1.68. The summed E-state index contributed by atoms with van der Waals surface area (Å²) < 4.78 is 10.6. The SMILES string of the molecule is COc1ccc([C@@H](C)NC(=O)NCCCCN2C[C@H](C)C[C@H](C)C2)c(OC)c1. The number of methoxy groups -OCH3 is 2. The topological polar surface area (TPSA) is 62.8 Å². The summed E-state index contributed by atoms with van der Waals surface area (Å²) >= 11 is 0. The van der Waals surface area contributed by atoms with Crippen molar-refractivity contribution < 1.29 is 14.3 Å². The first kappa shape index (κ1) is 22.3. The average Bonchev–Trinajstić information content (AvgIpc) is 2.66. The van der Waals surface area contributed by atoms with Gasteiger partial charge in [0.2, 0.25) is 0 Å². The van der Waals surface area contributed by atoms with Gasteiger partial charge in [-0.05, 0) is 56.7 Å². The zero-order chi connectivity index (χ0) is 20.5. The van der Waals surface area contributed by atoms with Crippen molar-refractivity contribution in [3.63, 3.8) is 0 Å². The Bertz CT molecular complexity index is 613. The van der Waals surface area contributed by atoms with E-state index in [2.05, 4.69) is 29.4 Å². The van der Waals surface area contributed by atoms with Crippen LogP contribution in [0.3, 0.4) is 0 Å². The fourth-order valence-electron chi connectivity index (χ4n) is 4.14. The van der Waals surface area contributed by atoms with Gasteiger partial charge in [-0.3, -0.25) is 0 Å². The number of benzene rings is 1. The van der Waals surface area contributed by atoms with Crippen LogP contribution in [0.2, 0.25) is 0 Å². The number of carbonyl (C=O) groups is 1. The fourth-order valence-corrected chi connectivity index (χ4v) is 4.14. The van der Waals surface area contributed by atoms with Crippen LogP contribution in [-0.2, 0) is 0 Å². The second-order valence-corrected chi connectivity index (χ2v) is 8.14. The number of ether oxygens (including phenoxy) is 2. The maximum absolute atomic E-state index is 12.2. The highest BCUT2D eigenvalue weighted by Gasteiger charge is 2.21. The number of hydrogen-bond acceptors (Lipinski definition) is 4. The third-order valence-electron chi connectivity index (χ3n) is 5.39. The summed E-state index contributed by atoms with van der Waals surface area (Å²) in [6.45, 7) is 10.9. The Labute approximate surface area is 170 Å². The molecule has 1 aromatic rings. The highest BCUT2D eigenvalue weighted by Crippen LogP contribution is 2.29. The molecule has 1 aliphatic rings. The largest absolute Gasteiger partial charge is 0.497 e. The summed E-state index contributed by atoms with van der Waals surface area (Å²) in [5.74, 6) is 3.03. The van der Waals surface area contributed by atoms with Gasteiger partial charge in [0.05, 0.1) is 20.3 Å². The summed E-state index contributed by atoms with van der Waals surface area (Å²) in [6.07, 6.45) is 3.45. The van der Waals surface area contributed by atoms with E-state index in [9.17, 15) is 4.79 Å². The molecular weight excluding hydrogens is 354 g/mol. The lowest BCUT2D eigenvalue weighted by Crippen LogP contribution is -2.40. The molecule has 0 radical (unpaired) electrons. The maximum Gasteiger partial charge on any atom is 0.315 e. The monoisotopic (exact) mass is 391 g/mol. The van der Waals surface area contributed by atoms with Crippen molar-refractivity contribution in [1.29, 1.82) is 0 Å². The molecule has 0 bridgehead atoms. The van der Waals surface area contributed by atoms with Gasteiger partial charge < -0.3 is 25.0 Å². The molecule has 1 fully saturated rings. The number of carbonyl (C=O) groups excluding carboxylic acids is 1. The highest BCUT2D eigenvalue weighted by molar-refractivity contribution is 5.74. The smallest absolute Gasteiger partial charge is 0.315 e. The molecule has 158 valence electrons. The molecule has 0 unspecified atom stereocenters. The van der Waals surface area contributed by atoms with Crippen molar-refractivity contribution in [3.8, 4) is 11.5 Å². The molecule has 0 aromatic heterocycles. The normalized spacial score (nSPS) is 21.0. The number of piperidine rings is 1. The summed E-state index contributed by atoms with van der Waals surface area (Å²) in [5.41, 5.74) is 0.923.